The van der Waals surface area contributed by atoms with E-state index < -0.39 is 45.1 Å². The molecular weight excluding hydrogens is 681 g/mol. The van der Waals surface area contributed by atoms with Crippen molar-refractivity contribution in [1.82, 2.24) is 19.2 Å². The molecule has 3 heterocycles. The van der Waals surface area contributed by atoms with Crippen LogP contribution in [0.3, 0.4) is 0 Å². The monoisotopic (exact) mass is 711 g/mol. The number of hydrogen-bond acceptors (Lipinski definition) is 7. The highest BCUT2D eigenvalue weighted by Crippen LogP contribution is 2.45. The maximum Gasteiger partial charge on any atom is 0.351 e. The first-order chi connectivity index (χ1) is 22.7. The molecule has 0 radical (unpaired) electrons. The Hall–Kier alpha value is -4.76. The average Bonchev–Trinajstić information content (AvgIpc) is 3.75. The van der Waals surface area contributed by atoms with E-state index in [9.17, 15) is 27.9 Å². The first-order valence-electron chi connectivity index (χ1n) is 14.5. The summed E-state index contributed by atoms with van der Waals surface area (Å²) in [5.74, 6) is -2.77. The van der Waals surface area contributed by atoms with E-state index in [0.29, 0.717) is 17.6 Å². The predicted octanol–water partition coefficient (Wildman–Crippen LogP) is 4.21. The van der Waals surface area contributed by atoms with Gasteiger partial charge in [-0.05, 0) is 54.7 Å². The van der Waals surface area contributed by atoms with Gasteiger partial charge >= 0.3 is 5.97 Å². The fraction of sp³-hybridized carbons (Fsp3) is 0.219. The normalized spacial score (nSPS) is 19.9. The van der Waals surface area contributed by atoms with Crippen molar-refractivity contribution in [2.24, 2.45) is 10.7 Å². The average molecular weight is 713 g/mol. The summed E-state index contributed by atoms with van der Waals surface area (Å²) in [6.07, 6.45) is 5.99. The summed E-state index contributed by atoms with van der Waals surface area (Å²) >= 11 is 12.6. The van der Waals surface area contributed by atoms with Gasteiger partial charge < -0.3 is 16.2 Å². The van der Waals surface area contributed by atoms with E-state index in [1.54, 1.807) is 31.3 Å². The number of carbonyl (C=O) groups is 3. The van der Waals surface area contributed by atoms with Gasteiger partial charge in [-0.3, -0.25) is 14.2 Å². The highest BCUT2D eigenvalue weighted by atomic mass is 35.5. The van der Waals surface area contributed by atoms with Crippen LogP contribution in [0.25, 0.3) is 5.57 Å². The molecule has 13 nitrogen and oxygen atoms in total. The Balaban J connectivity index is 1.60. The number of halogens is 2. The van der Waals surface area contributed by atoms with Gasteiger partial charge in [-0.15, -0.1) is 0 Å². The van der Waals surface area contributed by atoms with Crippen molar-refractivity contribution in [1.29, 1.82) is 0 Å². The van der Waals surface area contributed by atoms with Gasteiger partial charge in [-0.2, -0.15) is 4.31 Å². The molecule has 1 aromatic heterocycles. The highest BCUT2D eigenvalue weighted by molar-refractivity contribution is 7.89. The van der Waals surface area contributed by atoms with E-state index in [0.717, 1.165) is 22.4 Å². The quantitative estimate of drug-likeness (QED) is 0.115. The second-order valence-electron chi connectivity index (χ2n) is 11.3. The van der Waals surface area contributed by atoms with Gasteiger partial charge in [0.2, 0.25) is 11.9 Å². The minimum absolute atomic E-state index is 0.00649. The number of benzene rings is 2. The van der Waals surface area contributed by atoms with Crippen molar-refractivity contribution in [3.05, 3.63) is 101 Å². The number of sulfonamides is 1. The lowest BCUT2D eigenvalue weighted by Gasteiger charge is -2.29. The van der Waals surface area contributed by atoms with Crippen molar-refractivity contribution in [2.75, 3.05) is 11.4 Å². The number of nitrogens with one attached hydrogen (secondary N) is 1. The van der Waals surface area contributed by atoms with Crippen LogP contribution < -0.4 is 16.0 Å². The number of anilines is 2. The van der Waals surface area contributed by atoms with Crippen molar-refractivity contribution >= 4 is 74.6 Å². The standard InChI is InChI=1S/C32H31Cl2N7O6S/c1-4-21(16-36-18-35)22-9-7-20(8-10-22)15-32(3)30(45)40(25-13-23(33)12-24(34)14-25)31-37-17-27(41(31)32)48(46,47)39-11-5-6-26(39)28(42)38-19(2)29(43)44/h4,7-10,12-14,16-18,26H,1-2,5-6,11,15H2,3H3,(H2,35,36)(H,38,42)(H,43,44)/b21-16+/t26-,32+/m0/s1. The molecule has 2 amide bonds. The molecule has 5 rings (SSSR count). The number of allylic oxidation sites excluding steroid dienone is 2. The number of imidazole rings is 1. The van der Waals surface area contributed by atoms with Gasteiger partial charge in [-0.25, -0.2) is 28.1 Å². The molecule has 2 aliphatic heterocycles. The lowest BCUT2D eigenvalue weighted by atomic mass is 9.91. The van der Waals surface area contributed by atoms with Crippen molar-refractivity contribution in [3.63, 3.8) is 0 Å². The summed E-state index contributed by atoms with van der Waals surface area (Å²) in [6, 6.07) is 10.6. The number of carbonyl (C=O) groups excluding carboxylic acids is 2. The molecule has 0 aliphatic carbocycles. The number of nitrogens with zero attached hydrogens (tertiary/aromatic N) is 5. The number of aromatic nitrogens is 2. The number of amides is 2. The van der Waals surface area contributed by atoms with Crippen molar-refractivity contribution in [3.8, 4) is 0 Å². The number of rotatable bonds is 11. The molecule has 0 unspecified atom stereocenters. The number of carboxylic acid groups (broad SMARTS) is 1. The predicted molar refractivity (Wildman–Crippen MR) is 182 cm³/mol. The summed E-state index contributed by atoms with van der Waals surface area (Å²) in [4.78, 5) is 48.4. The fourth-order valence-electron chi connectivity index (χ4n) is 5.89. The summed E-state index contributed by atoms with van der Waals surface area (Å²) in [5.41, 5.74) is 5.70. The minimum atomic E-state index is -4.49. The lowest BCUT2D eigenvalue weighted by molar-refractivity contribution is -0.135. The highest BCUT2D eigenvalue weighted by Gasteiger charge is 2.53. The number of carboxylic acids is 1. The lowest BCUT2D eigenvalue weighted by Crippen LogP contribution is -2.47. The zero-order valence-electron chi connectivity index (χ0n) is 25.6. The van der Waals surface area contributed by atoms with Crippen molar-refractivity contribution in [2.45, 2.75) is 42.8 Å². The maximum atomic E-state index is 14.5. The Morgan fingerprint density at radius 1 is 1.21 bits per heavy atom. The Kier molecular flexibility index (Phi) is 9.65. The van der Waals surface area contributed by atoms with Gasteiger partial charge in [0, 0.05) is 29.2 Å². The van der Waals surface area contributed by atoms with Gasteiger partial charge in [0.15, 0.2) is 5.03 Å². The third-order valence-corrected chi connectivity index (χ3v) is 10.4. The summed E-state index contributed by atoms with van der Waals surface area (Å²) in [6.45, 7) is 8.70. The van der Waals surface area contributed by atoms with Crippen LogP contribution in [0.1, 0.15) is 30.9 Å². The second kappa shape index (κ2) is 13.4. The van der Waals surface area contributed by atoms with E-state index in [2.05, 4.69) is 28.5 Å². The summed E-state index contributed by atoms with van der Waals surface area (Å²) in [7, 11) is -4.49. The van der Waals surface area contributed by atoms with Gasteiger partial charge in [0.25, 0.3) is 15.9 Å². The molecule has 2 aromatic carbocycles. The molecule has 2 aliphatic rings. The van der Waals surface area contributed by atoms with Crippen LogP contribution in [-0.4, -0.2) is 64.1 Å². The van der Waals surface area contributed by atoms with Crippen LogP contribution in [0.4, 0.5) is 11.6 Å². The van der Waals surface area contributed by atoms with Crippen LogP contribution >= 0.6 is 23.2 Å². The molecule has 1 fully saturated rings. The topological polar surface area (TPSA) is 180 Å². The Morgan fingerprint density at radius 3 is 2.48 bits per heavy atom. The SMILES string of the molecule is C=C/C(=C\N=CN)c1ccc(C[C@]2(C)C(=O)N(c3cc(Cl)cc(Cl)c3)c3ncc(S(=O)(=O)N4CCC[C@H]4C(=O)NC(=C)C(=O)O)n32)cc1. The van der Waals surface area contributed by atoms with Crippen LogP contribution in [0.5, 0.6) is 0 Å². The molecule has 48 heavy (non-hydrogen) atoms. The Labute approximate surface area is 286 Å². The van der Waals surface area contributed by atoms with E-state index in [1.807, 2.05) is 12.1 Å². The van der Waals surface area contributed by atoms with Crippen LogP contribution in [0.2, 0.25) is 10.0 Å². The number of fused-ring (bicyclic) bond motifs is 1. The third-order valence-electron chi connectivity index (χ3n) is 8.14. The van der Waals surface area contributed by atoms with Crippen molar-refractivity contribution < 1.29 is 27.9 Å². The first-order valence-corrected chi connectivity index (χ1v) is 16.7. The van der Waals surface area contributed by atoms with E-state index in [1.165, 1.54) is 27.7 Å². The first kappa shape index (κ1) is 34.6. The molecule has 0 bridgehead atoms. The van der Waals surface area contributed by atoms with Gasteiger partial charge in [0.1, 0.15) is 17.3 Å². The Morgan fingerprint density at radius 2 is 1.88 bits per heavy atom. The van der Waals surface area contributed by atoms with E-state index in [4.69, 9.17) is 28.9 Å². The number of aliphatic imine (C=N–C) groups is 1. The smallest absolute Gasteiger partial charge is 0.351 e. The summed E-state index contributed by atoms with van der Waals surface area (Å²) < 4.78 is 31.1. The molecule has 4 N–H and O–H groups in total. The number of nitrogens with two attached hydrogens (primary N) is 1. The third kappa shape index (κ3) is 6.27. The molecule has 0 spiro atoms. The molecular formula is C32H31Cl2N7O6S. The number of hydrogen-bond donors (Lipinski definition) is 3. The van der Waals surface area contributed by atoms with E-state index >= 15 is 0 Å². The van der Waals surface area contributed by atoms with Gasteiger partial charge in [0.05, 0.1) is 18.2 Å². The zero-order valence-corrected chi connectivity index (χ0v) is 28.0. The second-order valence-corrected chi connectivity index (χ2v) is 14.0. The van der Waals surface area contributed by atoms with Crippen LogP contribution in [0, 0.1) is 0 Å². The maximum absolute atomic E-state index is 14.5. The Bertz CT molecular complexity index is 1990. The zero-order chi connectivity index (χ0) is 35.0. The molecule has 3 aromatic rings. The minimum Gasteiger partial charge on any atom is -0.477 e. The number of aliphatic carboxylic acids is 1. The van der Waals surface area contributed by atoms with Crippen LogP contribution in [-0.2, 0) is 36.4 Å². The largest absolute Gasteiger partial charge is 0.477 e. The molecule has 250 valence electrons. The molecule has 2 atom stereocenters. The van der Waals surface area contributed by atoms with Crippen LogP contribution in [0.15, 0.2) is 89.8 Å². The fourth-order valence-corrected chi connectivity index (χ4v) is 8.25. The summed E-state index contributed by atoms with van der Waals surface area (Å²) in [5, 5.41) is 11.5. The van der Waals surface area contributed by atoms with Gasteiger partial charge in [-0.1, -0.05) is 66.7 Å². The molecule has 1 saturated heterocycles. The van der Waals surface area contributed by atoms with E-state index in [-0.39, 0.29) is 46.1 Å². The molecule has 16 heteroatoms. The molecule has 0 saturated carbocycles.